The lowest BCUT2D eigenvalue weighted by Gasteiger charge is -2.25. The van der Waals surface area contributed by atoms with Gasteiger partial charge >= 0.3 is 0 Å². The van der Waals surface area contributed by atoms with E-state index < -0.39 is 0 Å². The second kappa shape index (κ2) is 36.4. The molecule has 4 aliphatic heterocycles. The lowest BCUT2D eigenvalue weighted by atomic mass is 10.0. The summed E-state index contributed by atoms with van der Waals surface area (Å²) in [6.45, 7) is 3.10. The Morgan fingerprint density at radius 1 is 0.333 bits per heavy atom. The molecule has 0 bridgehead atoms. The fourth-order valence-corrected chi connectivity index (χ4v) is 15.0. The molecule has 0 saturated carbocycles. The first-order chi connectivity index (χ1) is 60.1. The van der Waals surface area contributed by atoms with Crippen LogP contribution in [0.1, 0.15) is 97.8 Å². The number of hydrogen-bond acceptors (Lipinski definition) is 32. The highest BCUT2D eigenvalue weighted by Crippen LogP contribution is 2.41. The van der Waals surface area contributed by atoms with Gasteiger partial charge in [-0.1, -0.05) is 54.6 Å². The molecule has 20 rings (SSSR count). The Morgan fingerprint density at radius 3 is 1.04 bits per heavy atom. The van der Waals surface area contributed by atoms with Crippen LogP contribution < -0.4 is 63.8 Å². The molecular weight excluding hydrogens is 1580 g/mol. The zero-order valence-corrected chi connectivity index (χ0v) is 65.5. The highest BCUT2D eigenvalue weighted by atomic mass is 19.1. The van der Waals surface area contributed by atoms with Crippen LogP contribution in [0.2, 0.25) is 0 Å². The molecule has 4 fully saturated rings. The highest BCUT2D eigenvalue weighted by molar-refractivity contribution is 5.67. The Bertz CT molecular complexity index is 5730. The van der Waals surface area contributed by atoms with Gasteiger partial charge in [0.2, 0.25) is 71.4 Å². The van der Waals surface area contributed by atoms with Crippen molar-refractivity contribution >= 4 is 94.7 Å². The van der Waals surface area contributed by atoms with E-state index in [2.05, 4.69) is 156 Å². The van der Waals surface area contributed by atoms with E-state index in [4.69, 9.17) is 27.4 Å². The van der Waals surface area contributed by atoms with Gasteiger partial charge in [0.15, 0.2) is 29.0 Å². The van der Waals surface area contributed by atoms with Gasteiger partial charge < -0.3 is 68.2 Å². The van der Waals surface area contributed by atoms with Crippen molar-refractivity contribution in [1.29, 1.82) is 0 Å². The number of H-pyrrole nitrogens is 4. The van der Waals surface area contributed by atoms with Crippen LogP contribution in [-0.2, 0) is 0 Å². The Labute approximate surface area is 698 Å². The summed E-state index contributed by atoms with van der Waals surface area (Å²) in [7, 11) is 0. The van der Waals surface area contributed by atoms with E-state index >= 15 is 0 Å². The van der Waals surface area contributed by atoms with Gasteiger partial charge in [0.1, 0.15) is 29.0 Å². The Kier molecular flexibility index (Phi) is 23.4. The molecule has 4 unspecified atom stereocenters. The van der Waals surface area contributed by atoms with Crippen LogP contribution in [0, 0.1) is 23.3 Å². The Hall–Kier alpha value is -16.2. The number of pyridine rings is 3. The number of anilines is 16. The van der Waals surface area contributed by atoms with Gasteiger partial charge in [0.05, 0.1) is 53.2 Å². The minimum atomic E-state index is -0.257. The molecule has 0 radical (unpaired) electrons. The number of nitrogen functional groups attached to an aromatic ring is 4. The molecule has 620 valence electrons. The summed E-state index contributed by atoms with van der Waals surface area (Å²) in [5.74, 6) is 5.35. The third-order valence-corrected chi connectivity index (χ3v) is 20.6. The van der Waals surface area contributed by atoms with E-state index in [1.54, 1.807) is 97.9 Å². The lowest BCUT2D eigenvalue weighted by Crippen LogP contribution is -2.25. The molecule has 16 aromatic rings. The summed E-state index contributed by atoms with van der Waals surface area (Å²) in [5.41, 5.74) is 33.7. The molecule has 0 spiro atoms. The van der Waals surface area contributed by atoms with Crippen LogP contribution in [0.4, 0.5) is 112 Å². The van der Waals surface area contributed by atoms with E-state index in [-0.39, 0.29) is 71.2 Å². The summed E-state index contributed by atoms with van der Waals surface area (Å²) in [4.78, 5) is 73.0. The largest absolute Gasteiger partial charge is 0.463 e. The number of nitrogens with two attached hydrogens (primary N) is 4. The van der Waals surface area contributed by atoms with Crippen molar-refractivity contribution in [2.24, 2.45) is 0 Å². The molecule has 123 heavy (non-hydrogen) atoms. The van der Waals surface area contributed by atoms with Crippen LogP contribution in [0.15, 0.2) is 218 Å². The first kappa shape index (κ1) is 79.3. The van der Waals surface area contributed by atoms with Crippen molar-refractivity contribution in [2.75, 3.05) is 90.0 Å². The van der Waals surface area contributed by atoms with Crippen molar-refractivity contribution in [3.05, 3.63) is 259 Å². The van der Waals surface area contributed by atoms with Gasteiger partial charge in [-0.2, -0.15) is 80.2 Å². The molecule has 0 amide bonds. The fourth-order valence-electron chi connectivity index (χ4n) is 15.0. The number of halogens is 4. The molecule has 16 heterocycles. The van der Waals surface area contributed by atoms with Gasteiger partial charge in [0.25, 0.3) is 0 Å². The molecule has 0 aliphatic carbocycles. The standard InChI is InChI=1S/3C21H20FN9.C20H19FN8O/c22-15-7-5-13(6-8-15)17-4-2-10-31(17)21-27-19(23)26-20(28-21)25-18-11-16(29-30-18)14-3-1-9-24-12-14;22-15-5-3-14(4-6-15)17-2-1-11-31(17)21-27-19(23)26-20(28-21)25-18-12-16(29-30-18)13-7-9-24-10-8-13;22-14-8-6-13(7-9-14)17-5-3-11-31(17)21-27-19(23)26-20(28-21)25-18-12-16(29-30-18)15-4-1-2-10-24-15;21-13-7-5-12(6-8-13)15-3-1-9-29(15)20-25-18(22)24-19(26-20)23-17-11-14(27-28-17)16-4-2-10-30-16/h1,3,5-9,11-12,17H,2,4,10H2,(H4,23,25,26,27,28,29,30);3-10,12,17H,1-2,11H2,(H4,23,25,26,27,28,29,30);1-2,4,6-10,12,17H,3,5,11H2,(H4,23,25,26,27,28,29,30);2,4-8,10-11,15H,1,3,9H2,(H4,22,23,24,25,26,27,28). The summed E-state index contributed by atoms with van der Waals surface area (Å²) in [5, 5.41) is 41.1. The van der Waals surface area contributed by atoms with Crippen molar-refractivity contribution in [1.82, 2.24) is 116 Å². The number of furan rings is 1. The molecule has 36 nitrogen and oxygen atoms in total. The van der Waals surface area contributed by atoms with Crippen molar-refractivity contribution < 1.29 is 22.0 Å². The smallest absolute Gasteiger partial charge is 0.235 e. The normalized spacial score (nSPS) is 16.0. The van der Waals surface area contributed by atoms with Gasteiger partial charge in [0, 0.05) is 92.6 Å². The Balaban J connectivity index is 0.000000116. The maximum Gasteiger partial charge on any atom is 0.235 e. The predicted molar refractivity (Wildman–Crippen MR) is 455 cm³/mol. The van der Waals surface area contributed by atoms with Gasteiger partial charge in [-0.05, 0) is 171 Å². The zero-order valence-electron chi connectivity index (χ0n) is 65.5. The summed E-state index contributed by atoms with van der Waals surface area (Å²) in [6.07, 6.45) is 17.8. The number of rotatable bonds is 20. The second-order valence-corrected chi connectivity index (χ2v) is 28.7. The third-order valence-electron chi connectivity index (χ3n) is 20.6. The van der Waals surface area contributed by atoms with Gasteiger partial charge in [-0.25, -0.2) is 17.6 Å². The zero-order chi connectivity index (χ0) is 84.1. The minimum Gasteiger partial charge on any atom is -0.463 e. The van der Waals surface area contributed by atoms with Crippen molar-refractivity contribution in [3.63, 3.8) is 0 Å². The number of aromatic amines is 4. The summed E-state index contributed by atoms with van der Waals surface area (Å²) >= 11 is 0. The van der Waals surface area contributed by atoms with Crippen LogP contribution >= 0.6 is 0 Å². The van der Waals surface area contributed by atoms with E-state index in [0.717, 1.165) is 139 Å². The topological polar surface area (TPSA) is 486 Å². The monoisotopic (exact) mass is 1660 g/mol. The fraction of sp³-hybridized carbons (Fsp3) is 0.193. The molecular formula is C83H79F4N35O. The average molecular weight is 1660 g/mol. The lowest BCUT2D eigenvalue weighted by molar-refractivity contribution is 0.580. The molecule has 12 aromatic heterocycles. The van der Waals surface area contributed by atoms with E-state index in [9.17, 15) is 17.6 Å². The summed E-state index contributed by atoms with van der Waals surface area (Å²) < 4.78 is 58.7. The first-order valence-corrected chi connectivity index (χ1v) is 39.3. The van der Waals surface area contributed by atoms with Gasteiger partial charge in [-0.3, -0.25) is 35.3 Å². The molecule has 4 saturated heterocycles. The predicted octanol–water partition coefficient (Wildman–Crippen LogP) is 14.1. The maximum atomic E-state index is 13.3. The maximum absolute atomic E-state index is 13.3. The van der Waals surface area contributed by atoms with E-state index in [1.165, 1.54) is 48.5 Å². The summed E-state index contributed by atoms with van der Waals surface area (Å²) in [6, 6.07) is 50.5. The number of nitrogens with one attached hydrogen (secondary N) is 8. The van der Waals surface area contributed by atoms with Crippen LogP contribution in [0.25, 0.3) is 45.4 Å². The number of nitrogens with zero attached hydrogens (tertiary/aromatic N) is 23. The molecule has 16 N–H and O–H groups in total. The van der Waals surface area contributed by atoms with Crippen molar-refractivity contribution in [2.45, 2.75) is 75.5 Å². The molecule has 4 atom stereocenters. The SMILES string of the molecule is Nc1nc(Nc2cc(-c3ccccn3)[nH]n2)nc(N2CCCC2c2ccc(F)cc2)n1.Nc1nc(Nc2cc(-c3cccnc3)[nH]n2)nc(N2CCCC2c2ccc(F)cc2)n1.Nc1nc(Nc2cc(-c3ccco3)[nH]n2)nc(N2CCCC2c2ccc(F)cc2)n1.Nc1nc(Nc2cc(-c3ccncc3)[nH]n2)nc(N2CCCC2c2ccc(F)cc2)n1. The second-order valence-electron chi connectivity index (χ2n) is 28.7. The van der Waals surface area contributed by atoms with Crippen molar-refractivity contribution in [3.8, 4) is 45.4 Å². The average Bonchev–Trinajstić information content (AvgIpc) is 1.70. The number of aromatic nitrogens is 23. The van der Waals surface area contributed by atoms with E-state index in [0.29, 0.717) is 76.6 Å². The number of benzene rings is 4. The van der Waals surface area contributed by atoms with E-state index in [1.807, 2.05) is 66.7 Å². The highest BCUT2D eigenvalue weighted by Gasteiger charge is 2.34. The first-order valence-electron chi connectivity index (χ1n) is 39.3. The van der Waals surface area contributed by atoms with Gasteiger partial charge in [-0.15, -0.1) is 0 Å². The minimum absolute atomic E-state index is 0.0520. The Morgan fingerprint density at radius 2 is 0.691 bits per heavy atom. The van der Waals surface area contributed by atoms with Crippen LogP contribution in [0.3, 0.4) is 0 Å². The van der Waals surface area contributed by atoms with Crippen LogP contribution in [-0.4, -0.2) is 142 Å². The quantitative estimate of drug-likeness (QED) is 0.0315. The molecule has 4 aliphatic rings. The molecule has 40 heteroatoms. The van der Waals surface area contributed by atoms with Crippen LogP contribution in [0.5, 0.6) is 0 Å². The number of hydrogen-bond donors (Lipinski definition) is 12. The molecule has 4 aromatic carbocycles. The third kappa shape index (κ3) is 19.3.